The molecule has 0 amide bonds. The lowest BCUT2D eigenvalue weighted by Crippen LogP contribution is -2.57. The summed E-state index contributed by atoms with van der Waals surface area (Å²) in [5.74, 6) is 1.21. The monoisotopic (exact) mass is 449 g/mol. The Labute approximate surface area is 198 Å². The summed E-state index contributed by atoms with van der Waals surface area (Å²) in [4.78, 5) is 13.1. The number of aryl methyl sites for hydroxylation is 1. The third kappa shape index (κ3) is 4.65. The fourth-order valence-electron chi connectivity index (χ4n) is 4.26. The molecule has 1 aromatic heterocycles. The van der Waals surface area contributed by atoms with Gasteiger partial charge in [-0.05, 0) is 37.1 Å². The highest BCUT2D eigenvalue weighted by Crippen LogP contribution is 2.36. The van der Waals surface area contributed by atoms with Crippen LogP contribution in [0.5, 0.6) is 11.6 Å². The molecule has 1 atom stereocenters. The zero-order valence-electron chi connectivity index (χ0n) is 20.4. The molecule has 1 aromatic carbocycles. The molecular formula is C21H29B5FNO5. The maximum atomic E-state index is 14.6. The number of rotatable bonds is 6. The van der Waals surface area contributed by atoms with Gasteiger partial charge in [-0.25, -0.2) is 0 Å². The predicted octanol–water partition coefficient (Wildman–Crippen LogP) is -3.38. The lowest BCUT2D eigenvalue weighted by atomic mass is 9.43. The Balaban J connectivity index is 1.69. The first-order valence-electron chi connectivity index (χ1n) is 11.6. The number of hydrogen-bond acceptors (Lipinski definition) is 5. The third-order valence-corrected chi connectivity index (χ3v) is 6.90. The molecular weight excluding hydrogens is 419 g/mol. The van der Waals surface area contributed by atoms with Crippen molar-refractivity contribution in [2.75, 3.05) is 26.4 Å². The minimum Gasteiger partial charge on any atom is -0.504 e. The van der Waals surface area contributed by atoms with Gasteiger partial charge in [0.25, 0.3) is 0 Å². The zero-order chi connectivity index (χ0) is 24.0. The van der Waals surface area contributed by atoms with Crippen LogP contribution >= 0.6 is 0 Å². The largest absolute Gasteiger partial charge is 0.504 e. The van der Waals surface area contributed by atoms with Crippen molar-refractivity contribution in [3.8, 4) is 22.9 Å². The molecule has 170 valence electrons. The number of hydrogen-bond donors (Lipinski definition) is 0. The quantitative estimate of drug-likeness (QED) is 0.432. The van der Waals surface area contributed by atoms with E-state index >= 15 is 0 Å². The molecule has 6 nitrogen and oxygen atoms in total. The summed E-state index contributed by atoms with van der Waals surface area (Å²) >= 11 is 0. The lowest BCUT2D eigenvalue weighted by molar-refractivity contribution is -0.102. The van der Waals surface area contributed by atoms with E-state index < -0.39 is 10.9 Å². The Morgan fingerprint density at radius 3 is 2.67 bits per heavy atom. The van der Waals surface area contributed by atoms with Crippen LogP contribution in [0.15, 0.2) is 23.0 Å². The Kier molecular flexibility index (Phi) is 6.53. The van der Waals surface area contributed by atoms with Gasteiger partial charge in [0.05, 0.1) is 36.4 Å². The number of ether oxygens (including phenoxy) is 4. The smallest absolute Gasteiger partial charge is 0.191 e. The third-order valence-electron chi connectivity index (χ3n) is 6.90. The predicted molar refractivity (Wildman–Crippen MR) is 140 cm³/mol. The average Bonchev–Trinajstić information content (AvgIpc) is 2.76. The second kappa shape index (κ2) is 8.95. The van der Waals surface area contributed by atoms with E-state index in [9.17, 15) is 9.18 Å². The minimum absolute atomic E-state index is 0.0226. The fourth-order valence-corrected chi connectivity index (χ4v) is 4.26. The molecule has 1 fully saturated rings. The summed E-state index contributed by atoms with van der Waals surface area (Å²) < 4.78 is 40.0. The number of halogens is 1. The molecule has 0 radical (unpaired) electrons. The number of alkyl halides is 1. The van der Waals surface area contributed by atoms with Crippen LogP contribution in [0.25, 0.3) is 11.3 Å². The van der Waals surface area contributed by atoms with Crippen LogP contribution in [0.2, 0.25) is 0 Å². The van der Waals surface area contributed by atoms with Crippen molar-refractivity contribution in [1.82, 2.24) is 4.57 Å². The summed E-state index contributed by atoms with van der Waals surface area (Å²) in [5, 5.41) is -0.982. The van der Waals surface area contributed by atoms with Gasteiger partial charge in [0.1, 0.15) is 49.8 Å². The lowest BCUT2D eigenvalue weighted by Gasteiger charge is -2.37. The first kappa shape index (κ1) is 24.1. The molecule has 2 aliphatic heterocycles. The van der Waals surface area contributed by atoms with Gasteiger partial charge in [-0.1, -0.05) is 0 Å². The van der Waals surface area contributed by atoms with Gasteiger partial charge >= 0.3 is 0 Å². The Bertz CT molecular complexity index is 1110. The second-order valence-electron chi connectivity index (χ2n) is 9.92. The van der Waals surface area contributed by atoms with Gasteiger partial charge in [0, 0.05) is 23.1 Å². The van der Waals surface area contributed by atoms with Gasteiger partial charge < -0.3 is 23.5 Å². The van der Waals surface area contributed by atoms with Crippen LogP contribution in [0.1, 0.15) is 11.1 Å². The minimum atomic E-state index is -1.50. The summed E-state index contributed by atoms with van der Waals surface area (Å²) in [5.41, 5.74) is 2.67. The van der Waals surface area contributed by atoms with Crippen molar-refractivity contribution in [3.63, 3.8) is 0 Å². The molecule has 0 N–H and O–H groups in total. The van der Waals surface area contributed by atoms with Crippen LogP contribution in [0.3, 0.4) is 0 Å². The van der Waals surface area contributed by atoms with E-state index in [1.807, 2.05) is 33.0 Å². The van der Waals surface area contributed by atoms with Gasteiger partial charge in [-0.3, -0.25) is 9.18 Å². The molecule has 0 saturated carbocycles. The van der Waals surface area contributed by atoms with Crippen LogP contribution in [-0.2, 0) is 22.4 Å². The number of nitrogens with zero attached hydrogens (tertiary/aromatic N) is 1. The fraction of sp³-hybridized carbons (Fsp3) is 0.476. The van der Waals surface area contributed by atoms with E-state index in [1.54, 1.807) is 15.7 Å². The number of aromatic nitrogens is 1. The van der Waals surface area contributed by atoms with Gasteiger partial charge in [-0.2, -0.15) is 0 Å². The van der Waals surface area contributed by atoms with E-state index in [0.717, 1.165) is 23.2 Å². The van der Waals surface area contributed by atoms with Crippen molar-refractivity contribution in [2.24, 2.45) is 0 Å². The SMILES string of the molecule is Bc1c(OCC2COCCO2)n2c(c(C)c1=O)-c1ccc(OC(B)(B)C(B)(B)F)cc1CC2. The zero-order valence-corrected chi connectivity index (χ0v) is 20.4. The van der Waals surface area contributed by atoms with E-state index in [0.29, 0.717) is 55.6 Å². The molecule has 0 bridgehead atoms. The molecule has 2 aromatic rings. The number of pyridine rings is 1. The number of benzene rings is 1. The van der Waals surface area contributed by atoms with Crippen molar-refractivity contribution < 1.29 is 23.3 Å². The van der Waals surface area contributed by atoms with Crippen LogP contribution in [0, 0.1) is 6.92 Å². The van der Waals surface area contributed by atoms with Crippen molar-refractivity contribution >= 4 is 44.7 Å². The molecule has 4 rings (SSSR count). The van der Waals surface area contributed by atoms with E-state index in [2.05, 4.69) is 4.57 Å². The van der Waals surface area contributed by atoms with Crippen molar-refractivity contribution in [1.29, 1.82) is 0 Å². The normalized spacial score (nSPS) is 18.3. The Hall–Kier alpha value is -2.06. The summed E-state index contributed by atoms with van der Waals surface area (Å²) in [6, 6.07) is 5.77. The topological polar surface area (TPSA) is 58.9 Å². The summed E-state index contributed by atoms with van der Waals surface area (Å²) in [7, 11) is 8.35. The molecule has 2 aliphatic rings. The molecule has 1 unspecified atom stereocenters. The highest BCUT2D eigenvalue weighted by molar-refractivity contribution is 6.53. The van der Waals surface area contributed by atoms with Crippen molar-refractivity contribution in [2.45, 2.75) is 36.9 Å². The highest BCUT2D eigenvalue weighted by atomic mass is 19.1. The summed E-state index contributed by atoms with van der Waals surface area (Å²) in [6.07, 6.45) is 0.602. The van der Waals surface area contributed by atoms with Crippen LogP contribution < -0.4 is 20.4 Å². The molecule has 33 heavy (non-hydrogen) atoms. The van der Waals surface area contributed by atoms with E-state index in [4.69, 9.17) is 18.9 Å². The average molecular weight is 449 g/mol. The maximum Gasteiger partial charge on any atom is 0.191 e. The van der Waals surface area contributed by atoms with Gasteiger partial charge in [0.15, 0.2) is 19.2 Å². The standard InChI is InChI=1S/C21H29B5FNO5/c1-11-17-15-3-2-13(33-21(25,26)20(23,24)27)8-12(15)4-5-28(17)19(16(22)18(11)29)32-10-14-9-30-6-7-31-14/h2-3,8,14H,4-7,9-10,22-26H2,1H3. The Morgan fingerprint density at radius 2 is 2.00 bits per heavy atom. The van der Waals surface area contributed by atoms with Crippen molar-refractivity contribution in [3.05, 3.63) is 39.5 Å². The highest BCUT2D eigenvalue weighted by Gasteiger charge is 2.38. The first-order valence-corrected chi connectivity index (χ1v) is 11.6. The first-order chi connectivity index (χ1) is 15.5. The van der Waals surface area contributed by atoms with E-state index in [-0.39, 0.29) is 11.5 Å². The van der Waals surface area contributed by atoms with Crippen LogP contribution in [-0.4, -0.2) is 87.2 Å². The molecule has 0 aliphatic carbocycles. The molecule has 0 spiro atoms. The maximum absolute atomic E-state index is 14.6. The van der Waals surface area contributed by atoms with Gasteiger partial charge in [0.2, 0.25) is 0 Å². The molecule has 3 heterocycles. The second-order valence-corrected chi connectivity index (χ2v) is 9.92. The molecule has 12 heteroatoms. The van der Waals surface area contributed by atoms with Crippen LogP contribution in [0.4, 0.5) is 4.39 Å². The number of fused-ring (bicyclic) bond motifs is 3. The Morgan fingerprint density at radius 1 is 1.24 bits per heavy atom. The van der Waals surface area contributed by atoms with E-state index in [1.165, 1.54) is 15.7 Å². The summed E-state index contributed by atoms with van der Waals surface area (Å²) in [6.45, 7) is 4.49. The van der Waals surface area contributed by atoms with Gasteiger partial charge in [-0.15, -0.1) is 0 Å². The molecule has 1 saturated heterocycles.